The van der Waals surface area contributed by atoms with Gasteiger partial charge in [0.1, 0.15) is 0 Å². The highest BCUT2D eigenvalue weighted by molar-refractivity contribution is 5.41. The van der Waals surface area contributed by atoms with Gasteiger partial charge in [0.2, 0.25) is 0 Å². The van der Waals surface area contributed by atoms with Gasteiger partial charge in [-0.15, -0.1) is 0 Å². The summed E-state index contributed by atoms with van der Waals surface area (Å²) in [6.45, 7) is 14.5. The maximum Gasteiger partial charge on any atom is 0.0469 e. The lowest BCUT2D eigenvalue weighted by Gasteiger charge is -2.76. The van der Waals surface area contributed by atoms with Gasteiger partial charge >= 0.3 is 0 Å². The van der Waals surface area contributed by atoms with Crippen LogP contribution in [0, 0.1) is 21.7 Å². The Morgan fingerprint density at radius 3 is 1.29 bits per heavy atom. The topological polar surface area (TPSA) is 12.9 Å². The third-order valence-corrected chi connectivity index (χ3v) is 9.08. The number of hydrogen-bond donors (Lipinski definition) is 0. The normalized spacial score (nSPS) is 45.6. The Bertz CT molecular complexity index is 628. The highest BCUT2D eigenvalue weighted by Crippen LogP contribution is 2.80. The first-order valence-electron chi connectivity index (χ1n) is 9.93. The van der Waals surface area contributed by atoms with Crippen LogP contribution in [0.25, 0.3) is 0 Å². The second kappa shape index (κ2) is 3.79. The van der Waals surface area contributed by atoms with E-state index in [1.54, 1.807) is 0 Å². The van der Waals surface area contributed by atoms with Gasteiger partial charge in [0.15, 0.2) is 0 Å². The highest BCUT2D eigenvalue weighted by atomic mass is 14.9. The largest absolute Gasteiger partial charge is 0.257 e. The van der Waals surface area contributed by atoms with Crippen LogP contribution in [0.4, 0.5) is 0 Å². The minimum Gasteiger partial charge on any atom is -0.257 e. The zero-order valence-corrected chi connectivity index (χ0v) is 16.4. The van der Waals surface area contributed by atoms with E-state index in [0.29, 0.717) is 32.5 Å². The summed E-state index contributed by atoms with van der Waals surface area (Å²) in [6.07, 6.45) is 8.24. The van der Waals surface area contributed by atoms with E-state index < -0.39 is 0 Å². The molecule has 0 amide bonds. The summed E-state index contributed by atoms with van der Waals surface area (Å²) in [7, 11) is 0. The molecule has 0 spiro atoms. The summed E-state index contributed by atoms with van der Waals surface area (Å²) in [5.74, 6) is 0. The number of pyridine rings is 1. The van der Waals surface area contributed by atoms with E-state index in [1.165, 1.54) is 49.9 Å². The van der Waals surface area contributed by atoms with Crippen molar-refractivity contribution in [3.63, 3.8) is 0 Å². The number of nitrogens with zero attached hydrogens (tertiary/aromatic N) is 1. The average Bonchev–Trinajstić information content (AvgIpc) is 2.17. The molecule has 6 aliphatic rings. The zero-order valence-electron chi connectivity index (χ0n) is 16.4. The molecule has 1 nitrogen and oxygen atoms in total. The Kier molecular flexibility index (Phi) is 2.43. The van der Waals surface area contributed by atoms with Crippen LogP contribution in [0.5, 0.6) is 0 Å². The zero-order chi connectivity index (χ0) is 17.2. The van der Waals surface area contributed by atoms with E-state index in [-0.39, 0.29) is 0 Å². The predicted octanol–water partition coefficient (Wildman–Crippen LogP) is 6.02. The highest BCUT2D eigenvalue weighted by Gasteiger charge is 2.74. The fourth-order valence-electron chi connectivity index (χ4n) is 6.74. The molecular weight excluding hydrogens is 290 g/mol. The van der Waals surface area contributed by atoms with Gasteiger partial charge in [0.05, 0.1) is 0 Å². The van der Waals surface area contributed by atoms with Crippen molar-refractivity contribution in [1.82, 2.24) is 4.98 Å². The molecule has 1 heteroatoms. The standard InChI is InChI=1S/C23H33N/c1-18(2,3)22-10-20(11-22,12-22)16-8-7-9-17(24-16)21-13-23(14-21,15-21)19(4,5)6/h7-9H,10-15H2,1-6H3. The molecule has 4 bridgehead atoms. The maximum absolute atomic E-state index is 5.26. The van der Waals surface area contributed by atoms with Crippen LogP contribution < -0.4 is 0 Å². The molecule has 0 N–H and O–H groups in total. The molecule has 0 aliphatic heterocycles. The molecule has 0 saturated heterocycles. The van der Waals surface area contributed by atoms with Gasteiger partial charge in [0, 0.05) is 22.2 Å². The summed E-state index contributed by atoms with van der Waals surface area (Å²) in [4.78, 5) is 5.26. The number of rotatable bonds is 2. The minimum absolute atomic E-state index is 0.439. The molecule has 0 radical (unpaired) electrons. The van der Waals surface area contributed by atoms with Crippen molar-refractivity contribution < 1.29 is 0 Å². The van der Waals surface area contributed by atoms with Crippen LogP contribution in [-0.4, -0.2) is 4.98 Å². The molecule has 130 valence electrons. The van der Waals surface area contributed by atoms with Gasteiger partial charge in [0.25, 0.3) is 0 Å². The van der Waals surface area contributed by atoms with Gasteiger partial charge in [-0.3, -0.25) is 4.98 Å². The van der Waals surface area contributed by atoms with E-state index in [2.05, 4.69) is 59.7 Å². The van der Waals surface area contributed by atoms with Crippen molar-refractivity contribution in [3.8, 4) is 0 Å². The lowest BCUT2D eigenvalue weighted by molar-refractivity contribution is -0.215. The quantitative estimate of drug-likeness (QED) is 0.648. The SMILES string of the molecule is CC(C)(C)C12CC(c3cccc(C45CC(C(C)(C)C)(C4)C5)n3)(C1)C2. The molecule has 1 heterocycles. The Labute approximate surface area is 147 Å². The van der Waals surface area contributed by atoms with Crippen LogP contribution in [0.1, 0.15) is 91.5 Å². The predicted molar refractivity (Wildman–Crippen MR) is 99.1 cm³/mol. The molecule has 0 atom stereocenters. The number of hydrogen-bond acceptors (Lipinski definition) is 1. The van der Waals surface area contributed by atoms with Crippen molar-refractivity contribution >= 4 is 0 Å². The smallest absolute Gasteiger partial charge is 0.0469 e. The Morgan fingerprint density at radius 2 is 1.00 bits per heavy atom. The van der Waals surface area contributed by atoms with Crippen LogP contribution in [-0.2, 0) is 10.8 Å². The summed E-state index contributed by atoms with van der Waals surface area (Å²) in [5, 5.41) is 0. The third kappa shape index (κ3) is 1.52. The average molecular weight is 324 g/mol. The molecular formula is C23H33N. The molecule has 7 rings (SSSR count). The molecule has 1 aromatic rings. The van der Waals surface area contributed by atoms with Gasteiger partial charge in [-0.1, -0.05) is 47.6 Å². The van der Waals surface area contributed by atoms with Crippen LogP contribution >= 0.6 is 0 Å². The summed E-state index contributed by atoms with van der Waals surface area (Å²) >= 11 is 0. The van der Waals surface area contributed by atoms with Gasteiger partial charge in [-0.25, -0.2) is 0 Å². The first-order valence-corrected chi connectivity index (χ1v) is 9.93. The van der Waals surface area contributed by atoms with Crippen molar-refractivity contribution in [1.29, 1.82) is 0 Å². The monoisotopic (exact) mass is 323 g/mol. The lowest BCUT2D eigenvalue weighted by atomic mass is 9.28. The fourth-order valence-corrected chi connectivity index (χ4v) is 6.74. The molecule has 24 heavy (non-hydrogen) atoms. The first-order chi connectivity index (χ1) is 11.0. The van der Waals surface area contributed by atoms with E-state index in [1.807, 2.05) is 0 Å². The van der Waals surface area contributed by atoms with E-state index in [4.69, 9.17) is 4.98 Å². The number of aromatic nitrogens is 1. The molecule has 6 saturated carbocycles. The molecule has 0 aromatic carbocycles. The summed E-state index contributed by atoms with van der Waals surface area (Å²) in [5.41, 5.74) is 5.84. The summed E-state index contributed by atoms with van der Waals surface area (Å²) in [6, 6.07) is 6.94. The second-order valence-electron chi connectivity index (χ2n) is 12.1. The van der Waals surface area contributed by atoms with Crippen LogP contribution in [0.15, 0.2) is 18.2 Å². The fraction of sp³-hybridized carbons (Fsp3) is 0.783. The van der Waals surface area contributed by atoms with Crippen molar-refractivity contribution in [2.45, 2.75) is 90.9 Å². The Morgan fingerprint density at radius 1 is 0.667 bits per heavy atom. The van der Waals surface area contributed by atoms with Gasteiger partial charge in [-0.05, 0) is 72.3 Å². The first kappa shape index (κ1) is 15.4. The summed E-state index contributed by atoms with van der Waals surface area (Å²) < 4.78 is 0. The Hall–Kier alpha value is -0.850. The van der Waals surface area contributed by atoms with Crippen molar-refractivity contribution in [2.24, 2.45) is 21.7 Å². The lowest BCUT2D eigenvalue weighted by Crippen LogP contribution is -2.70. The maximum atomic E-state index is 5.26. The molecule has 6 fully saturated rings. The van der Waals surface area contributed by atoms with Gasteiger partial charge < -0.3 is 0 Å². The molecule has 0 unspecified atom stereocenters. The Balaban J connectivity index is 1.36. The van der Waals surface area contributed by atoms with Crippen LogP contribution in [0.2, 0.25) is 0 Å². The van der Waals surface area contributed by atoms with E-state index in [0.717, 1.165) is 0 Å². The van der Waals surface area contributed by atoms with E-state index in [9.17, 15) is 0 Å². The van der Waals surface area contributed by atoms with Gasteiger partial charge in [-0.2, -0.15) is 0 Å². The van der Waals surface area contributed by atoms with Crippen molar-refractivity contribution in [2.75, 3.05) is 0 Å². The van der Waals surface area contributed by atoms with Crippen molar-refractivity contribution in [3.05, 3.63) is 29.6 Å². The molecule has 6 aliphatic carbocycles. The third-order valence-electron chi connectivity index (χ3n) is 9.08. The minimum atomic E-state index is 0.439. The molecule has 1 aromatic heterocycles. The van der Waals surface area contributed by atoms with Crippen LogP contribution in [0.3, 0.4) is 0 Å². The second-order valence-corrected chi connectivity index (χ2v) is 12.1. The van der Waals surface area contributed by atoms with E-state index >= 15 is 0 Å².